The molecule has 5 heteroatoms. The Hall–Kier alpha value is -1.07. The molecule has 1 unspecified atom stereocenters. The van der Waals surface area contributed by atoms with Gasteiger partial charge >= 0.3 is 6.18 Å². The third kappa shape index (κ3) is 6.39. The first-order chi connectivity index (χ1) is 9.41. The number of hydrogen-bond donors (Lipinski definition) is 1. The van der Waals surface area contributed by atoms with Gasteiger partial charge in [-0.25, -0.2) is 0 Å². The first kappa shape index (κ1) is 17.0. The van der Waals surface area contributed by atoms with Gasteiger partial charge in [0.05, 0.1) is 6.61 Å². The molecule has 0 aliphatic heterocycles. The molecule has 1 aromatic carbocycles. The second-order valence-electron chi connectivity index (χ2n) is 5.13. The number of rotatable bonds is 8. The minimum atomic E-state index is -4.31. The van der Waals surface area contributed by atoms with Crippen LogP contribution >= 0.6 is 0 Å². The summed E-state index contributed by atoms with van der Waals surface area (Å²) in [7, 11) is 0. The van der Waals surface area contributed by atoms with Crippen molar-refractivity contribution in [3.63, 3.8) is 0 Å². The van der Waals surface area contributed by atoms with Crippen molar-refractivity contribution in [1.82, 2.24) is 5.32 Å². The highest BCUT2D eigenvalue weighted by molar-refractivity contribution is 5.20. The summed E-state index contributed by atoms with van der Waals surface area (Å²) < 4.78 is 44.3. The zero-order valence-electron chi connectivity index (χ0n) is 11.9. The predicted octanol–water partition coefficient (Wildman–Crippen LogP) is 3.94. The topological polar surface area (TPSA) is 21.3 Å². The molecule has 1 aromatic rings. The Morgan fingerprint density at radius 2 is 1.75 bits per heavy atom. The van der Waals surface area contributed by atoms with Crippen molar-refractivity contribution in [1.29, 1.82) is 0 Å². The smallest absolute Gasteiger partial charge is 0.380 e. The Morgan fingerprint density at radius 1 is 1.10 bits per heavy atom. The fourth-order valence-electron chi connectivity index (χ4n) is 1.76. The average molecular weight is 289 g/mol. The van der Waals surface area contributed by atoms with Crippen LogP contribution in [0.15, 0.2) is 30.3 Å². The summed E-state index contributed by atoms with van der Waals surface area (Å²) in [5.41, 5.74) is 0.224. The molecule has 0 heterocycles. The molecular formula is C15H22F3NO. The molecule has 1 N–H and O–H groups in total. The zero-order valence-corrected chi connectivity index (χ0v) is 11.9. The minimum absolute atomic E-state index is 0.178. The van der Waals surface area contributed by atoms with E-state index in [0.717, 1.165) is 6.42 Å². The van der Waals surface area contributed by atoms with Crippen LogP contribution in [0.2, 0.25) is 0 Å². The fourth-order valence-corrected chi connectivity index (χ4v) is 1.76. The van der Waals surface area contributed by atoms with Gasteiger partial charge in [-0.1, -0.05) is 44.2 Å². The van der Waals surface area contributed by atoms with E-state index >= 15 is 0 Å². The van der Waals surface area contributed by atoms with Crippen molar-refractivity contribution >= 4 is 0 Å². The Balaban J connectivity index is 2.40. The highest BCUT2D eigenvalue weighted by Gasteiger charge is 2.40. The summed E-state index contributed by atoms with van der Waals surface area (Å²) in [6.07, 6.45) is -3.39. The van der Waals surface area contributed by atoms with Crippen LogP contribution in [-0.2, 0) is 4.74 Å². The molecule has 114 valence electrons. The summed E-state index contributed by atoms with van der Waals surface area (Å²) in [5.74, 6) is 0.537. The SMILES string of the molecule is CC(C)CCOCCNC(c1ccccc1)C(F)(F)F. The molecule has 0 saturated carbocycles. The van der Waals surface area contributed by atoms with Crippen LogP contribution < -0.4 is 5.32 Å². The summed E-state index contributed by atoms with van der Waals surface area (Å²) in [4.78, 5) is 0. The standard InChI is InChI=1S/C15H22F3NO/c1-12(2)8-10-20-11-9-19-14(15(16,17)18)13-6-4-3-5-7-13/h3-7,12,14,19H,8-11H2,1-2H3. The highest BCUT2D eigenvalue weighted by Crippen LogP contribution is 2.32. The van der Waals surface area contributed by atoms with Crippen LogP contribution in [0.4, 0.5) is 13.2 Å². The molecule has 1 atom stereocenters. The number of benzene rings is 1. The predicted molar refractivity (Wildman–Crippen MR) is 73.5 cm³/mol. The van der Waals surface area contributed by atoms with Crippen LogP contribution in [0.25, 0.3) is 0 Å². The van der Waals surface area contributed by atoms with Crippen molar-refractivity contribution in [2.75, 3.05) is 19.8 Å². The highest BCUT2D eigenvalue weighted by atomic mass is 19.4. The van der Waals surface area contributed by atoms with E-state index in [2.05, 4.69) is 19.2 Å². The largest absolute Gasteiger partial charge is 0.407 e. The van der Waals surface area contributed by atoms with E-state index in [0.29, 0.717) is 12.5 Å². The molecule has 0 aliphatic rings. The molecule has 0 saturated heterocycles. The van der Waals surface area contributed by atoms with E-state index in [1.165, 1.54) is 12.1 Å². The van der Waals surface area contributed by atoms with Gasteiger partial charge in [-0.3, -0.25) is 0 Å². The summed E-state index contributed by atoms with van der Waals surface area (Å²) in [5, 5.41) is 2.51. The number of ether oxygens (including phenoxy) is 1. The maximum atomic E-state index is 13.0. The number of hydrogen-bond acceptors (Lipinski definition) is 2. The van der Waals surface area contributed by atoms with Gasteiger partial charge in [0.1, 0.15) is 6.04 Å². The monoisotopic (exact) mass is 289 g/mol. The third-order valence-electron chi connectivity index (χ3n) is 2.89. The summed E-state index contributed by atoms with van der Waals surface area (Å²) in [6.45, 7) is 5.21. The first-order valence-corrected chi connectivity index (χ1v) is 6.84. The summed E-state index contributed by atoms with van der Waals surface area (Å²) in [6, 6.07) is 6.23. The van der Waals surface area contributed by atoms with Gasteiger partial charge in [0, 0.05) is 13.2 Å². The molecule has 1 rings (SSSR count). The molecule has 0 radical (unpaired) electrons. The number of nitrogens with one attached hydrogen (secondary N) is 1. The average Bonchev–Trinajstić information content (AvgIpc) is 2.37. The van der Waals surface area contributed by atoms with Crippen molar-refractivity contribution in [3.05, 3.63) is 35.9 Å². The molecule has 0 amide bonds. The third-order valence-corrected chi connectivity index (χ3v) is 2.89. The fraction of sp³-hybridized carbons (Fsp3) is 0.600. The van der Waals surface area contributed by atoms with Crippen LogP contribution in [0.3, 0.4) is 0 Å². The Kier molecular flexibility index (Phi) is 7.02. The van der Waals surface area contributed by atoms with Gasteiger partial charge in [-0.05, 0) is 17.9 Å². The van der Waals surface area contributed by atoms with Crippen LogP contribution in [-0.4, -0.2) is 25.9 Å². The van der Waals surface area contributed by atoms with Crippen molar-refractivity contribution in [2.45, 2.75) is 32.5 Å². The van der Waals surface area contributed by atoms with Gasteiger partial charge in [0.15, 0.2) is 0 Å². The molecule has 0 fully saturated rings. The van der Waals surface area contributed by atoms with Gasteiger partial charge < -0.3 is 10.1 Å². The number of alkyl halides is 3. The zero-order chi connectivity index (χ0) is 15.0. The molecule has 2 nitrogen and oxygen atoms in total. The lowest BCUT2D eigenvalue weighted by molar-refractivity contribution is -0.158. The van der Waals surface area contributed by atoms with Gasteiger partial charge in [-0.15, -0.1) is 0 Å². The molecular weight excluding hydrogens is 267 g/mol. The van der Waals surface area contributed by atoms with Gasteiger partial charge in [0.25, 0.3) is 0 Å². The van der Waals surface area contributed by atoms with E-state index in [4.69, 9.17) is 4.74 Å². The van der Waals surface area contributed by atoms with E-state index in [9.17, 15) is 13.2 Å². The Morgan fingerprint density at radius 3 is 2.30 bits per heavy atom. The normalized spacial score (nSPS) is 13.7. The minimum Gasteiger partial charge on any atom is -0.380 e. The second kappa shape index (κ2) is 8.27. The second-order valence-corrected chi connectivity index (χ2v) is 5.13. The van der Waals surface area contributed by atoms with E-state index in [1.54, 1.807) is 18.2 Å². The van der Waals surface area contributed by atoms with Gasteiger partial charge in [0.2, 0.25) is 0 Å². The molecule has 0 bridgehead atoms. The molecule has 0 aromatic heterocycles. The van der Waals surface area contributed by atoms with Gasteiger partial charge in [-0.2, -0.15) is 13.2 Å². The van der Waals surface area contributed by atoms with Crippen molar-refractivity contribution in [3.8, 4) is 0 Å². The van der Waals surface area contributed by atoms with E-state index in [-0.39, 0.29) is 18.7 Å². The Labute approximate surface area is 118 Å². The lowest BCUT2D eigenvalue weighted by Gasteiger charge is -2.22. The maximum Gasteiger partial charge on any atom is 0.407 e. The van der Waals surface area contributed by atoms with E-state index in [1.807, 2.05) is 0 Å². The van der Waals surface area contributed by atoms with Crippen molar-refractivity contribution in [2.24, 2.45) is 5.92 Å². The quantitative estimate of drug-likeness (QED) is 0.732. The maximum absolute atomic E-state index is 13.0. The Bertz CT molecular complexity index is 365. The lowest BCUT2D eigenvalue weighted by Crippen LogP contribution is -2.36. The van der Waals surface area contributed by atoms with Crippen LogP contribution in [0.5, 0.6) is 0 Å². The van der Waals surface area contributed by atoms with E-state index < -0.39 is 12.2 Å². The first-order valence-electron chi connectivity index (χ1n) is 6.84. The van der Waals surface area contributed by atoms with Crippen molar-refractivity contribution < 1.29 is 17.9 Å². The van der Waals surface area contributed by atoms with Crippen LogP contribution in [0, 0.1) is 5.92 Å². The molecule has 0 spiro atoms. The lowest BCUT2D eigenvalue weighted by atomic mass is 10.1. The van der Waals surface area contributed by atoms with Crippen LogP contribution in [0.1, 0.15) is 31.9 Å². The molecule has 20 heavy (non-hydrogen) atoms. The summed E-state index contributed by atoms with van der Waals surface area (Å²) >= 11 is 0. The molecule has 0 aliphatic carbocycles. The number of halogens is 3.